The van der Waals surface area contributed by atoms with Crippen molar-refractivity contribution in [2.75, 3.05) is 5.32 Å². The minimum atomic E-state index is 0.874. The van der Waals surface area contributed by atoms with Gasteiger partial charge in [-0.2, -0.15) is 5.10 Å². The molecule has 1 aromatic carbocycles. The summed E-state index contributed by atoms with van der Waals surface area (Å²) in [4.78, 5) is 4.34. The number of benzene rings is 1. The summed E-state index contributed by atoms with van der Waals surface area (Å²) in [6.07, 6.45) is 5.64. The van der Waals surface area contributed by atoms with Crippen molar-refractivity contribution in [1.82, 2.24) is 14.8 Å². The van der Waals surface area contributed by atoms with E-state index in [0.29, 0.717) is 0 Å². The number of para-hydroxylation sites is 1. The van der Waals surface area contributed by atoms with Gasteiger partial charge in [-0.1, -0.05) is 18.2 Å². The summed E-state index contributed by atoms with van der Waals surface area (Å²) in [5, 5.41) is 8.74. The standard InChI is InChI=1S/C14H14N4/c1-2-18-10-11(9-16-18)17-14-7-8-15-13-6-4-3-5-12(13)14/h3-10H,2H2,1H3,(H,15,17). The van der Waals surface area contributed by atoms with Crippen molar-refractivity contribution in [2.45, 2.75) is 13.5 Å². The first-order valence-electron chi connectivity index (χ1n) is 6.00. The van der Waals surface area contributed by atoms with Gasteiger partial charge in [-0.05, 0) is 19.1 Å². The number of nitrogens with zero attached hydrogens (tertiary/aromatic N) is 3. The van der Waals surface area contributed by atoms with Gasteiger partial charge in [-0.3, -0.25) is 9.67 Å². The fourth-order valence-corrected chi connectivity index (χ4v) is 1.96. The second-order valence-corrected chi connectivity index (χ2v) is 4.09. The van der Waals surface area contributed by atoms with Gasteiger partial charge in [0.25, 0.3) is 0 Å². The molecule has 0 aliphatic rings. The van der Waals surface area contributed by atoms with Gasteiger partial charge in [0.05, 0.1) is 17.4 Å². The number of fused-ring (bicyclic) bond motifs is 1. The lowest BCUT2D eigenvalue weighted by Gasteiger charge is -2.06. The van der Waals surface area contributed by atoms with Crippen molar-refractivity contribution < 1.29 is 0 Å². The Morgan fingerprint density at radius 1 is 1.22 bits per heavy atom. The Bertz CT molecular complexity index is 667. The highest BCUT2D eigenvalue weighted by molar-refractivity contribution is 5.92. The van der Waals surface area contributed by atoms with Crippen LogP contribution in [0.15, 0.2) is 48.9 Å². The molecule has 3 aromatic rings. The molecule has 3 rings (SSSR count). The molecule has 4 heteroatoms. The molecule has 2 heterocycles. The molecule has 90 valence electrons. The van der Waals surface area contributed by atoms with E-state index >= 15 is 0 Å². The maximum absolute atomic E-state index is 4.34. The van der Waals surface area contributed by atoms with Crippen LogP contribution in [0.25, 0.3) is 10.9 Å². The molecule has 18 heavy (non-hydrogen) atoms. The molecule has 0 aliphatic heterocycles. The van der Waals surface area contributed by atoms with E-state index in [2.05, 4.69) is 28.4 Å². The summed E-state index contributed by atoms with van der Waals surface area (Å²) in [6, 6.07) is 10.1. The highest BCUT2D eigenvalue weighted by Crippen LogP contribution is 2.24. The highest BCUT2D eigenvalue weighted by Gasteiger charge is 2.02. The van der Waals surface area contributed by atoms with E-state index in [9.17, 15) is 0 Å². The zero-order chi connectivity index (χ0) is 12.4. The van der Waals surface area contributed by atoms with E-state index in [1.54, 1.807) is 0 Å². The first-order chi connectivity index (χ1) is 8.86. The van der Waals surface area contributed by atoms with E-state index in [4.69, 9.17) is 0 Å². The summed E-state index contributed by atoms with van der Waals surface area (Å²) in [7, 11) is 0. The Morgan fingerprint density at radius 2 is 2.11 bits per heavy atom. The van der Waals surface area contributed by atoms with E-state index in [0.717, 1.165) is 28.8 Å². The predicted molar refractivity (Wildman–Crippen MR) is 72.9 cm³/mol. The van der Waals surface area contributed by atoms with Gasteiger partial charge in [0.1, 0.15) is 0 Å². The number of hydrogen-bond donors (Lipinski definition) is 1. The Balaban J connectivity index is 1.99. The van der Waals surface area contributed by atoms with Crippen molar-refractivity contribution in [1.29, 1.82) is 0 Å². The molecular formula is C14H14N4. The molecule has 0 radical (unpaired) electrons. The molecule has 2 aromatic heterocycles. The van der Waals surface area contributed by atoms with E-state index in [1.165, 1.54) is 0 Å². The maximum atomic E-state index is 4.34. The first-order valence-corrected chi connectivity index (χ1v) is 6.00. The maximum Gasteiger partial charge on any atom is 0.0770 e. The summed E-state index contributed by atoms with van der Waals surface area (Å²) in [6.45, 7) is 2.94. The molecule has 0 saturated carbocycles. The molecule has 0 spiro atoms. The second-order valence-electron chi connectivity index (χ2n) is 4.09. The average molecular weight is 238 g/mol. The van der Waals surface area contributed by atoms with E-state index in [-0.39, 0.29) is 0 Å². The van der Waals surface area contributed by atoms with Gasteiger partial charge in [0.15, 0.2) is 0 Å². The third-order valence-corrected chi connectivity index (χ3v) is 2.89. The molecule has 0 bridgehead atoms. The van der Waals surface area contributed by atoms with Crippen LogP contribution in [0.3, 0.4) is 0 Å². The normalized spacial score (nSPS) is 10.7. The van der Waals surface area contributed by atoms with Crippen molar-refractivity contribution in [3.05, 3.63) is 48.9 Å². The van der Waals surface area contributed by atoms with E-state index in [1.807, 2.05) is 47.5 Å². The number of rotatable bonds is 3. The van der Waals surface area contributed by atoms with Crippen LogP contribution in [0.2, 0.25) is 0 Å². The minimum absolute atomic E-state index is 0.874. The predicted octanol–water partition coefficient (Wildman–Crippen LogP) is 3.19. The third kappa shape index (κ3) is 1.93. The van der Waals surface area contributed by atoms with Crippen LogP contribution >= 0.6 is 0 Å². The number of nitrogens with one attached hydrogen (secondary N) is 1. The fraction of sp³-hybridized carbons (Fsp3) is 0.143. The van der Waals surface area contributed by atoms with Gasteiger partial charge in [0.2, 0.25) is 0 Å². The first kappa shape index (κ1) is 10.8. The van der Waals surface area contributed by atoms with Crippen LogP contribution in [0.5, 0.6) is 0 Å². The molecule has 4 nitrogen and oxygen atoms in total. The largest absolute Gasteiger partial charge is 0.352 e. The van der Waals surface area contributed by atoms with E-state index < -0.39 is 0 Å². The minimum Gasteiger partial charge on any atom is -0.352 e. The van der Waals surface area contributed by atoms with Crippen LogP contribution in [0.4, 0.5) is 11.4 Å². The van der Waals surface area contributed by atoms with Gasteiger partial charge in [0, 0.05) is 30.0 Å². The Kier molecular flexibility index (Phi) is 2.68. The van der Waals surface area contributed by atoms with Crippen molar-refractivity contribution in [3.8, 4) is 0 Å². The number of hydrogen-bond acceptors (Lipinski definition) is 3. The van der Waals surface area contributed by atoms with Crippen LogP contribution < -0.4 is 5.32 Å². The molecule has 0 fully saturated rings. The number of pyridine rings is 1. The number of aryl methyl sites for hydroxylation is 1. The molecular weight excluding hydrogens is 224 g/mol. The Hall–Kier alpha value is -2.36. The zero-order valence-electron chi connectivity index (χ0n) is 10.2. The number of aromatic nitrogens is 3. The quantitative estimate of drug-likeness (QED) is 0.762. The van der Waals surface area contributed by atoms with Gasteiger partial charge >= 0.3 is 0 Å². The molecule has 0 saturated heterocycles. The lowest BCUT2D eigenvalue weighted by molar-refractivity contribution is 0.660. The molecule has 0 unspecified atom stereocenters. The van der Waals surface area contributed by atoms with Gasteiger partial charge in [-0.15, -0.1) is 0 Å². The van der Waals surface area contributed by atoms with Gasteiger partial charge in [-0.25, -0.2) is 0 Å². The number of anilines is 2. The monoisotopic (exact) mass is 238 g/mol. The van der Waals surface area contributed by atoms with Gasteiger partial charge < -0.3 is 5.32 Å². The SMILES string of the molecule is CCn1cc(Nc2ccnc3ccccc23)cn1. The van der Waals surface area contributed by atoms with Crippen LogP contribution in [-0.2, 0) is 6.54 Å². The summed E-state index contributed by atoms with van der Waals surface area (Å²) < 4.78 is 1.89. The molecule has 1 N–H and O–H groups in total. The Labute approximate surface area is 105 Å². The van der Waals surface area contributed by atoms with Crippen LogP contribution in [0, 0.1) is 0 Å². The lowest BCUT2D eigenvalue weighted by Crippen LogP contribution is -1.93. The smallest absolute Gasteiger partial charge is 0.0770 e. The fourth-order valence-electron chi connectivity index (χ4n) is 1.96. The molecule has 0 aliphatic carbocycles. The topological polar surface area (TPSA) is 42.7 Å². The average Bonchev–Trinajstić information content (AvgIpc) is 2.87. The van der Waals surface area contributed by atoms with Crippen molar-refractivity contribution in [3.63, 3.8) is 0 Å². The van der Waals surface area contributed by atoms with Crippen LogP contribution in [-0.4, -0.2) is 14.8 Å². The highest BCUT2D eigenvalue weighted by atomic mass is 15.3. The summed E-state index contributed by atoms with van der Waals surface area (Å²) in [5.74, 6) is 0. The lowest BCUT2D eigenvalue weighted by atomic mass is 10.2. The summed E-state index contributed by atoms with van der Waals surface area (Å²) in [5.41, 5.74) is 3.04. The zero-order valence-corrected chi connectivity index (χ0v) is 10.2. The third-order valence-electron chi connectivity index (χ3n) is 2.89. The Morgan fingerprint density at radius 3 is 2.94 bits per heavy atom. The molecule has 0 atom stereocenters. The van der Waals surface area contributed by atoms with Crippen molar-refractivity contribution in [2.24, 2.45) is 0 Å². The molecule has 0 amide bonds. The van der Waals surface area contributed by atoms with Crippen LogP contribution in [0.1, 0.15) is 6.92 Å². The summed E-state index contributed by atoms with van der Waals surface area (Å²) >= 11 is 0. The second kappa shape index (κ2) is 4.49. The van der Waals surface area contributed by atoms with Crippen molar-refractivity contribution >= 4 is 22.3 Å².